The van der Waals surface area contributed by atoms with Crippen LogP contribution in [0.2, 0.25) is 0 Å². The van der Waals surface area contributed by atoms with Gasteiger partial charge in [0.25, 0.3) is 0 Å². The van der Waals surface area contributed by atoms with Crippen molar-refractivity contribution in [2.24, 2.45) is 0 Å². The Balaban J connectivity index is 2.54. The zero-order valence-electron chi connectivity index (χ0n) is 11.4. The van der Waals surface area contributed by atoms with E-state index >= 15 is 0 Å². The van der Waals surface area contributed by atoms with E-state index in [1.807, 2.05) is 6.92 Å². The van der Waals surface area contributed by atoms with Gasteiger partial charge in [0, 0.05) is 0 Å². The minimum absolute atomic E-state index is 0.173. The standard InChI is InChI=1S/C16H16O3S/c1-12-8-10-15(11-9-12)20(18,19)16(13(2)17)14-6-4-3-5-7-14/h3-11,16H,1-2H3/t16-/m0/s1. The summed E-state index contributed by atoms with van der Waals surface area (Å²) in [5.41, 5.74) is 1.48. The molecule has 4 heteroatoms. The summed E-state index contributed by atoms with van der Waals surface area (Å²) < 4.78 is 25.3. The van der Waals surface area contributed by atoms with E-state index in [4.69, 9.17) is 0 Å². The van der Waals surface area contributed by atoms with Gasteiger partial charge in [-0.15, -0.1) is 0 Å². The molecule has 0 bridgehead atoms. The molecule has 0 aromatic heterocycles. The number of aryl methyl sites for hydroxylation is 1. The van der Waals surface area contributed by atoms with E-state index in [2.05, 4.69) is 0 Å². The zero-order valence-corrected chi connectivity index (χ0v) is 12.2. The van der Waals surface area contributed by atoms with E-state index < -0.39 is 15.1 Å². The molecule has 1 atom stereocenters. The van der Waals surface area contributed by atoms with Crippen LogP contribution in [0.1, 0.15) is 23.3 Å². The summed E-state index contributed by atoms with van der Waals surface area (Å²) >= 11 is 0. The largest absolute Gasteiger partial charge is 0.298 e. The first-order chi connectivity index (χ1) is 9.43. The van der Waals surface area contributed by atoms with Gasteiger partial charge in [-0.3, -0.25) is 4.79 Å². The van der Waals surface area contributed by atoms with Crippen molar-refractivity contribution >= 4 is 15.6 Å². The third-order valence-electron chi connectivity index (χ3n) is 3.13. The lowest BCUT2D eigenvalue weighted by atomic mass is 10.1. The molecular weight excluding hydrogens is 272 g/mol. The van der Waals surface area contributed by atoms with Crippen LogP contribution in [0.15, 0.2) is 59.5 Å². The van der Waals surface area contributed by atoms with Crippen molar-refractivity contribution in [3.63, 3.8) is 0 Å². The average Bonchev–Trinajstić information content (AvgIpc) is 2.39. The van der Waals surface area contributed by atoms with Crippen LogP contribution in [-0.4, -0.2) is 14.2 Å². The fourth-order valence-electron chi connectivity index (χ4n) is 2.12. The Kier molecular flexibility index (Phi) is 4.04. The third kappa shape index (κ3) is 2.80. The maximum absolute atomic E-state index is 12.7. The highest BCUT2D eigenvalue weighted by Crippen LogP contribution is 2.29. The van der Waals surface area contributed by atoms with Crippen molar-refractivity contribution in [3.8, 4) is 0 Å². The summed E-state index contributed by atoms with van der Waals surface area (Å²) in [5.74, 6) is -0.378. The molecule has 2 aromatic rings. The second kappa shape index (κ2) is 5.59. The van der Waals surface area contributed by atoms with Gasteiger partial charge < -0.3 is 0 Å². The van der Waals surface area contributed by atoms with Gasteiger partial charge in [-0.1, -0.05) is 48.0 Å². The average molecular weight is 288 g/mol. The first-order valence-corrected chi connectivity index (χ1v) is 7.83. The number of carbonyl (C=O) groups excluding carboxylic acids is 1. The van der Waals surface area contributed by atoms with Gasteiger partial charge in [-0.25, -0.2) is 8.42 Å². The molecule has 0 fully saturated rings. The molecule has 20 heavy (non-hydrogen) atoms. The lowest BCUT2D eigenvalue weighted by molar-refractivity contribution is -0.116. The number of benzene rings is 2. The minimum Gasteiger partial charge on any atom is -0.298 e. The Morgan fingerprint density at radius 3 is 2.00 bits per heavy atom. The topological polar surface area (TPSA) is 51.2 Å². The highest BCUT2D eigenvalue weighted by molar-refractivity contribution is 7.92. The molecule has 0 saturated carbocycles. The van der Waals surface area contributed by atoms with Crippen LogP contribution >= 0.6 is 0 Å². The number of hydrogen-bond donors (Lipinski definition) is 0. The van der Waals surface area contributed by atoms with Gasteiger partial charge in [0.2, 0.25) is 0 Å². The van der Waals surface area contributed by atoms with E-state index in [0.717, 1.165) is 5.56 Å². The molecule has 0 heterocycles. The van der Waals surface area contributed by atoms with Crippen molar-refractivity contribution in [1.82, 2.24) is 0 Å². The van der Waals surface area contributed by atoms with E-state index in [0.29, 0.717) is 5.56 Å². The lowest BCUT2D eigenvalue weighted by Gasteiger charge is -2.15. The van der Waals surface area contributed by atoms with Gasteiger partial charge in [-0.2, -0.15) is 0 Å². The van der Waals surface area contributed by atoms with Crippen LogP contribution in [0.3, 0.4) is 0 Å². The Hall–Kier alpha value is -1.94. The Morgan fingerprint density at radius 2 is 1.50 bits per heavy atom. The normalized spacial score (nSPS) is 12.9. The smallest absolute Gasteiger partial charge is 0.192 e. The van der Waals surface area contributed by atoms with Crippen molar-refractivity contribution in [1.29, 1.82) is 0 Å². The molecule has 0 aliphatic carbocycles. The molecule has 0 amide bonds. The van der Waals surface area contributed by atoms with Crippen molar-refractivity contribution in [2.75, 3.05) is 0 Å². The quantitative estimate of drug-likeness (QED) is 0.868. The highest BCUT2D eigenvalue weighted by Gasteiger charge is 2.32. The molecule has 0 N–H and O–H groups in total. The number of carbonyl (C=O) groups is 1. The van der Waals surface area contributed by atoms with Crippen LogP contribution in [0, 0.1) is 6.92 Å². The predicted octanol–water partition coefficient (Wildman–Crippen LogP) is 3.10. The molecule has 0 unspecified atom stereocenters. The molecule has 0 spiro atoms. The number of rotatable bonds is 4. The second-order valence-corrected chi connectivity index (χ2v) is 6.79. The molecule has 104 valence electrons. The van der Waals surface area contributed by atoms with Gasteiger partial charge in [0.05, 0.1) is 4.90 Å². The Morgan fingerprint density at radius 1 is 0.950 bits per heavy atom. The number of hydrogen-bond acceptors (Lipinski definition) is 3. The van der Waals surface area contributed by atoms with Gasteiger partial charge in [0.15, 0.2) is 15.6 Å². The molecule has 3 nitrogen and oxygen atoms in total. The zero-order chi connectivity index (χ0) is 14.8. The monoisotopic (exact) mass is 288 g/mol. The van der Waals surface area contributed by atoms with E-state index in [1.165, 1.54) is 6.92 Å². The third-order valence-corrected chi connectivity index (χ3v) is 5.29. The van der Waals surface area contributed by atoms with Crippen LogP contribution in [0.25, 0.3) is 0 Å². The number of sulfone groups is 1. The van der Waals surface area contributed by atoms with E-state index in [-0.39, 0.29) is 10.7 Å². The molecule has 2 aromatic carbocycles. The van der Waals surface area contributed by atoms with Gasteiger partial charge >= 0.3 is 0 Å². The van der Waals surface area contributed by atoms with E-state index in [9.17, 15) is 13.2 Å². The Bertz CT molecular complexity index is 701. The first kappa shape index (κ1) is 14.5. The van der Waals surface area contributed by atoms with Crippen molar-refractivity contribution in [3.05, 3.63) is 65.7 Å². The van der Waals surface area contributed by atoms with Crippen LogP contribution < -0.4 is 0 Å². The van der Waals surface area contributed by atoms with E-state index in [1.54, 1.807) is 54.6 Å². The lowest BCUT2D eigenvalue weighted by Crippen LogP contribution is -2.20. The van der Waals surface area contributed by atoms with Gasteiger partial charge in [0.1, 0.15) is 5.25 Å². The summed E-state index contributed by atoms with van der Waals surface area (Å²) in [7, 11) is -3.72. The summed E-state index contributed by atoms with van der Waals surface area (Å²) in [4.78, 5) is 12.0. The summed E-state index contributed by atoms with van der Waals surface area (Å²) in [5, 5.41) is -1.15. The maximum atomic E-state index is 12.7. The first-order valence-electron chi connectivity index (χ1n) is 6.29. The molecule has 0 saturated heterocycles. The van der Waals surface area contributed by atoms with Crippen molar-refractivity contribution < 1.29 is 13.2 Å². The minimum atomic E-state index is -3.72. The maximum Gasteiger partial charge on any atom is 0.192 e. The summed E-state index contributed by atoms with van der Waals surface area (Å²) in [6.07, 6.45) is 0. The molecular formula is C16H16O3S. The van der Waals surface area contributed by atoms with Crippen LogP contribution in [-0.2, 0) is 14.6 Å². The van der Waals surface area contributed by atoms with Crippen LogP contribution in [0.4, 0.5) is 0 Å². The fraction of sp³-hybridized carbons (Fsp3) is 0.188. The molecule has 0 radical (unpaired) electrons. The molecule has 0 aliphatic rings. The van der Waals surface area contributed by atoms with Gasteiger partial charge in [-0.05, 0) is 31.5 Å². The number of Topliss-reactive ketones (excluding diaryl/α,β-unsaturated/α-hetero) is 1. The summed E-state index contributed by atoms with van der Waals surface area (Å²) in [6, 6.07) is 15.1. The summed E-state index contributed by atoms with van der Waals surface area (Å²) in [6.45, 7) is 3.19. The SMILES string of the molecule is CC(=O)[C@@H](c1ccccc1)S(=O)(=O)c1ccc(C)cc1. The second-order valence-electron chi connectivity index (χ2n) is 4.76. The number of ketones is 1. The van der Waals surface area contributed by atoms with Crippen LogP contribution in [0.5, 0.6) is 0 Å². The van der Waals surface area contributed by atoms with Crippen molar-refractivity contribution in [2.45, 2.75) is 24.0 Å². The molecule has 0 aliphatic heterocycles. The highest BCUT2D eigenvalue weighted by atomic mass is 32.2. The Labute approximate surface area is 119 Å². The fourth-order valence-corrected chi connectivity index (χ4v) is 3.86. The predicted molar refractivity (Wildman–Crippen MR) is 78.2 cm³/mol. The molecule has 2 rings (SSSR count).